The highest BCUT2D eigenvalue weighted by Gasteiger charge is 2.43. The molecule has 11 heteroatoms. The van der Waals surface area contributed by atoms with Gasteiger partial charge in [0.05, 0.1) is 12.1 Å². The number of Topliss-reactive ketones (excluding diaryl/α,β-unsaturated/α-hetero) is 1. The van der Waals surface area contributed by atoms with Gasteiger partial charge in [0.2, 0.25) is 0 Å². The van der Waals surface area contributed by atoms with Crippen LogP contribution in [0.15, 0.2) is 0 Å². The molecule has 0 spiro atoms. The zero-order valence-corrected chi connectivity index (χ0v) is 11.5. The van der Waals surface area contributed by atoms with E-state index in [1.54, 1.807) is 0 Å². The van der Waals surface area contributed by atoms with Crippen LogP contribution in [0.4, 0.5) is 0 Å². The Balaban J connectivity index is 4.72. The van der Waals surface area contributed by atoms with Crippen molar-refractivity contribution in [1.29, 1.82) is 0 Å². The zero-order chi connectivity index (χ0) is 14.7. The van der Waals surface area contributed by atoms with Crippen molar-refractivity contribution in [3.63, 3.8) is 0 Å². The molecular formula is C7H18N2O7P2. The first kappa shape index (κ1) is 17.9. The van der Waals surface area contributed by atoms with Gasteiger partial charge in [-0.2, -0.15) is 0 Å². The molecular weight excluding hydrogens is 286 g/mol. The fraction of sp³-hybridized carbons (Fsp3) is 0.857. The largest absolute Gasteiger partial charge is 0.340 e. The number of hydrogen-bond acceptors (Lipinski definition) is 5. The molecule has 0 aromatic rings. The summed E-state index contributed by atoms with van der Waals surface area (Å²) in [6, 6.07) is -1.95. The molecule has 0 amide bonds. The van der Waals surface area contributed by atoms with Gasteiger partial charge in [-0.05, 0) is 19.8 Å². The molecule has 0 rings (SSSR count). The first-order chi connectivity index (χ1) is 7.87. The van der Waals surface area contributed by atoms with E-state index in [0.29, 0.717) is 0 Å². The number of nitrogens with two attached hydrogens (primary N) is 2. The number of hydrogen-bond donors (Lipinski definition) is 6. The molecule has 0 aromatic carbocycles. The maximum atomic E-state index is 11.3. The molecule has 2 atom stereocenters. The number of carbonyl (C=O) groups is 1. The lowest BCUT2D eigenvalue weighted by atomic mass is 10.0. The predicted octanol–water partition coefficient (Wildman–Crippen LogP) is -1.31. The zero-order valence-electron chi connectivity index (χ0n) is 9.71. The van der Waals surface area contributed by atoms with E-state index in [0.717, 1.165) is 0 Å². The van der Waals surface area contributed by atoms with Gasteiger partial charge in [-0.3, -0.25) is 13.9 Å². The van der Waals surface area contributed by atoms with Crippen molar-refractivity contribution in [2.24, 2.45) is 11.5 Å². The summed E-state index contributed by atoms with van der Waals surface area (Å²) in [7, 11) is -9.94. The lowest BCUT2D eigenvalue weighted by molar-refractivity contribution is -0.121. The van der Waals surface area contributed by atoms with Crippen molar-refractivity contribution < 1.29 is 33.5 Å². The highest BCUT2D eigenvalue weighted by atomic mass is 31.2. The van der Waals surface area contributed by atoms with Crippen LogP contribution in [0.1, 0.15) is 19.8 Å². The molecule has 8 N–H and O–H groups in total. The van der Waals surface area contributed by atoms with E-state index in [2.05, 4.69) is 0 Å². The maximum Gasteiger partial charge on any atom is 0.340 e. The SMILES string of the molecule is C[C@H](N)C(=O)C(N)CCC(P(=O)(O)O)P(=O)(O)O. The molecule has 0 saturated heterocycles. The Morgan fingerprint density at radius 3 is 1.72 bits per heavy atom. The molecule has 18 heavy (non-hydrogen) atoms. The summed E-state index contributed by atoms with van der Waals surface area (Å²) in [5, 5.41) is -2.14. The van der Waals surface area contributed by atoms with E-state index >= 15 is 0 Å². The fourth-order valence-electron chi connectivity index (χ4n) is 1.34. The Bertz CT molecular complexity index is 365. The van der Waals surface area contributed by atoms with Crippen LogP contribution in [0.5, 0.6) is 0 Å². The summed E-state index contributed by atoms with van der Waals surface area (Å²) in [4.78, 5) is 46.7. The second kappa shape index (κ2) is 6.36. The molecule has 0 radical (unpaired) electrons. The van der Waals surface area contributed by atoms with Crippen LogP contribution in [0.2, 0.25) is 0 Å². The number of rotatable bonds is 7. The maximum absolute atomic E-state index is 11.3. The Hall–Kier alpha value is -0.110. The molecule has 0 heterocycles. The third kappa shape index (κ3) is 5.69. The Labute approximate surface area is 104 Å². The van der Waals surface area contributed by atoms with Gasteiger partial charge in [-0.1, -0.05) is 0 Å². The first-order valence-corrected chi connectivity index (χ1v) is 8.39. The van der Waals surface area contributed by atoms with Crippen molar-refractivity contribution in [2.45, 2.75) is 37.2 Å². The summed E-state index contributed by atoms with van der Waals surface area (Å²) in [6.45, 7) is 1.39. The van der Waals surface area contributed by atoms with Crippen LogP contribution in [0, 0.1) is 0 Å². The quantitative estimate of drug-likeness (QED) is 0.311. The second-order valence-electron chi connectivity index (χ2n) is 4.03. The van der Waals surface area contributed by atoms with Crippen molar-refractivity contribution in [1.82, 2.24) is 0 Å². The van der Waals surface area contributed by atoms with E-state index in [4.69, 9.17) is 31.0 Å². The van der Waals surface area contributed by atoms with Gasteiger partial charge in [0.1, 0.15) is 0 Å². The van der Waals surface area contributed by atoms with Crippen molar-refractivity contribution in [3.8, 4) is 0 Å². The van der Waals surface area contributed by atoms with E-state index in [-0.39, 0.29) is 6.42 Å². The molecule has 9 nitrogen and oxygen atoms in total. The van der Waals surface area contributed by atoms with Crippen molar-refractivity contribution in [2.75, 3.05) is 0 Å². The van der Waals surface area contributed by atoms with E-state index < -0.39 is 44.9 Å². The molecule has 0 saturated carbocycles. The smallest absolute Gasteiger partial charge is 0.324 e. The monoisotopic (exact) mass is 304 g/mol. The van der Waals surface area contributed by atoms with Gasteiger partial charge in [0.15, 0.2) is 11.2 Å². The highest BCUT2D eigenvalue weighted by molar-refractivity contribution is 7.70. The third-order valence-electron chi connectivity index (χ3n) is 2.33. The van der Waals surface area contributed by atoms with Crippen molar-refractivity contribution >= 4 is 21.0 Å². The average molecular weight is 304 g/mol. The molecule has 0 aromatic heterocycles. The molecule has 0 bridgehead atoms. The van der Waals surface area contributed by atoms with Gasteiger partial charge < -0.3 is 31.0 Å². The molecule has 0 aliphatic rings. The Kier molecular flexibility index (Phi) is 6.32. The summed E-state index contributed by atoms with van der Waals surface area (Å²) in [5.74, 6) is -0.537. The van der Waals surface area contributed by atoms with Crippen LogP contribution >= 0.6 is 15.2 Å². The van der Waals surface area contributed by atoms with Gasteiger partial charge in [0, 0.05) is 0 Å². The molecule has 108 valence electrons. The minimum absolute atomic E-state index is 0.263. The lowest BCUT2D eigenvalue weighted by Crippen LogP contribution is -2.41. The predicted molar refractivity (Wildman–Crippen MR) is 63.7 cm³/mol. The second-order valence-corrected chi connectivity index (χ2v) is 8.04. The number of ketones is 1. The van der Waals surface area contributed by atoms with Gasteiger partial charge >= 0.3 is 15.2 Å². The first-order valence-electron chi connectivity index (χ1n) is 5.02. The Morgan fingerprint density at radius 2 is 1.44 bits per heavy atom. The molecule has 1 unspecified atom stereocenters. The fourth-order valence-corrected chi connectivity index (χ4v) is 3.88. The summed E-state index contributed by atoms with van der Waals surface area (Å²) in [6.07, 6.45) is -0.824. The summed E-state index contributed by atoms with van der Waals surface area (Å²) in [5.41, 5.74) is 10.7. The van der Waals surface area contributed by atoms with Crippen LogP contribution in [-0.4, -0.2) is 42.8 Å². The minimum atomic E-state index is -4.97. The van der Waals surface area contributed by atoms with Crippen LogP contribution < -0.4 is 11.5 Å². The van der Waals surface area contributed by atoms with E-state index in [9.17, 15) is 13.9 Å². The highest BCUT2D eigenvalue weighted by Crippen LogP contribution is 2.61. The lowest BCUT2D eigenvalue weighted by Gasteiger charge is -2.21. The Morgan fingerprint density at radius 1 is 1.06 bits per heavy atom. The van der Waals surface area contributed by atoms with Crippen LogP contribution in [0.25, 0.3) is 0 Å². The standard InChI is InChI=1S/C7H18N2O7P2/c1-4(8)7(10)5(9)2-3-6(17(11,12)13)18(14,15)16/h4-6H,2-3,8-9H2,1H3,(H2,11,12,13)(H2,14,15,16)/t4-,5?/m0/s1. The van der Waals surface area contributed by atoms with Crippen molar-refractivity contribution in [3.05, 3.63) is 0 Å². The summed E-state index contributed by atoms with van der Waals surface area (Å²) < 4.78 is 21.9. The van der Waals surface area contributed by atoms with Gasteiger partial charge in [0.25, 0.3) is 0 Å². The van der Waals surface area contributed by atoms with Crippen LogP contribution in [-0.2, 0) is 13.9 Å². The topological polar surface area (TPSA) is 184 Å². The molecule has 0 aliphatic heterocycles. The normalized spacial score (nSPS) is 16.7. The average Bonchev–Trinajstić information content (AvgIpc) is 2.11. The molecule has 0 aliphatic carbocycles. The van der Waals surface area contributed by atoms with E-state index in [1.165, 1.54) is 6.92 Å². The van der Waals surface area contributed by atoms with Gasteiger partial charge in [-0.15, -0.1) is 0 Å². The van der Waals surface area contributed by atoms with E-state index in [1.807, 2.05) is 0 Å². The number of carbonyl (C=O) groups excluding carboxylic acids is 1. The summed E-state index contributed by atoms with van der Waals surface area (Å²) >= 11 is 0. The third-order valence-corrected chi connectivity index (χ3v) is 6.20. The minimum Gasteiger partial charge on any atom is -0.324 e. The molecule has 0 fully saturated rings. The van der Waals surface area contributed by atoms with Gasteiger partial charge in [-0.25, -0.2) is 0 Å². The van der Waals surface area contributed by atoms with Crippen LogP contribution in [0.3, 0.4) is 0 Å².